The molecule has 1 aliphatic carbocycles. The van der Waals surface area contributed by atoms with Gasteiger partial charge < -0.3 is 4.74 Å². The van der Waals surface area contributed by atoms with Gasteiger partial charge in [0.05, 0.1) is 0 Å². The van der Waals surface area contributed by atoms with Crippen molar-refractivity contribution >= 4 is 0 Å². The molecule has 10 heavy (non-hydrogen) atoms. The first-order chi connectivity index (χ1) is 4.92. The van der Waals surface area contributed by atoms with Crippen LogP contribution in [0.3, 0.4) is 0 Å². The number of fused-ring (bicyclic) bond motifs is 1. The van der Waals surface area contributed by atoms with Crippen LogP contribution < -0.4 is 0 Å². The molecule has 1 aliphatic heterocycles. The highest BCUT2D eigenvalue weighted by Gasteiger charge is 2.39. The van der Waals surface area contributed by atoms with Crippen molar-refractivity contribution in [3.8, 4) is 0 Å². The molecule has 0 unspecified atom stereocenters. The van der Waals surface area contributed by atoms with Crippen LogP contribution in [-0.4, -0.2) is 0 Å². The van der Waals surface area contributed by atoms with Crippen molar-refractivity contribution in [1.82, 2.24) is 0 Å². The van der Waals surface area contributed by atoms with Crippen molar-refractivity contribution in [3.05, 3.63) is 30.1 Å². The number of hydrogen-bond acceptors (Lipinski definition) is 1. The van der Waals surface area contributed by atoms with Gasteiger partial charge >= 0.3 is 0 Å². The molecule has 1 nitrogen and oxygen atoms in total. The molecule has 0 N–H and O–H groups in total. The van der Waals surface area contributed by atoms with Gasteiger partial charge in [-0.25, -0.2) is 0 Å². The number of ether oxygens (including phenoxy) is 1. The fraction of sp³-hybridized carbons (Fsp3) is 0.444. The van der Waals surface area contributed by atoms with E-state index in [1.807, 2.05) is 6.08 Å². The van der Waals surface area contributed by atoms with E-state index in [1.54, 1.807) is 0 Å². The summed E-state index contributed by atoms with van der Waals surface area (Å²) in [5, 5.41) is 0. The molecule has 0 atom stereocenters. The summed E-state index contributed by atoms with van der Waals surface area (Å²) < 4.78 is 5.29. The van der Waals surface area contributed by atoms with E-state index in [0.717, 1.165) is 12.8 Å². The van der Waals surface area contributed by atoms with Crippen LogP contribution in [0.5, 0.6) is 0 Å². The van der Waals surface area contributed by atoms with Gasteiger partial charge in [-0.3, -0.25) is 0 Å². The fourth-order valence-corrected chi connectivity index (χ4v) is 1.48. The highest BCUT2D eigenvalue weighted by molar-refractivity contribution is 5.36. The smallest absolute Gasteiger partial charge is 0.211 e. The van der Waals surface area contributed by atoms with E-state index in [9.17, 15) is 0 Å². The molecular weight excluding hydrogens is 124 g/mol. The minimum absolute atomic E-state index is 1.01. The minimum Gasteiger partial charge on any atom is -0.474 e. The maximum atomic E-state index is 5.29. The maximum absolute atomic E-state index is 5.29. The Kier molecular flexibility index (Phi) is 1.30. The highest BCUT2D eigenvalue weighted by Crippen LogP contribution is 2.47. The summed E-state index contributed by atoms with van der Waals surface area (Å²) in [4.78, 5) is 0. The van der Waals surface area contributed by atoms with Crippen LogP contribution in [0.1, 0.15) is 25.7 Å². The van der Waals surface area contributed by atoms with Crippen molar-refractivity contribution in [2.24, 2.45) is 0 Å². The number of hydrogen-bond donors (Lipinski definition) is 0. The summed E-state index contributed by atoms with van der Waals surface area (Å²) in [7, 11) is 0. The molecule has 0 aromatic rings. The Bertz CT molecular complexity index is 191. The molecular formula is C9H11O. The van der Waals surface area contributed by atoms with Crippen molar-refractivity contribution in [2.45, 2.75) is 25.7 Å². The van der Waals surface area contributed by atoms with Crippen molar-refractivity contribution in [1.29, 1.82) is 0 Å². The van der Waals surface area contributed by atoms with Gasteiger partial charge in [-0.2, -0.15) is 0 Å². The fourth-order valence-electron chi connectivity index (χ4n) is 1.48. The average Bonchev–Trinajstić information content (AvgIpc) is 2.67. The molecule has 0 aromatic carbocycles. The average molecular weight is 135 g/mol. The zero-order valence-corrected chi connectivity index (χ0v) is 6.02. The quantitative estimate of drug-likeness (QED) is 0.418. The second kappa shape index (κ2) is 2.15. The zero-order chi connectivity index (χ0) is 6.97. The third-order valence-corrected chi connectivity index (χ3v) is 2.03. The van der Waals surface area contributed by atoms with Crippen LogP contribution in [0.25, 0.3) is 0 Å². The standard InChI is InChI=1S/C9H11O/c1-2-4-7-5-3-6-8-9(7)10-8/h2H,1,3-6H2. The molecule has 0 saturated carbocycles. The molecule has 1 heteroatoms. The van der Waals surface area contributed by atoms with E-state index in [1.165, 1.54) is 30.3 Å². The van der Waals surface area contributed by atoms with Crippen LogP contribution >= 0.6 is 0 Å². The second-order valence-electron chi connectivity index (χ2n) is 2.80. The molecule has 2 aliphatic rings. The van der Waals surface area contributed by atoms with E-state index in [2.05, 4.69) is 6.58 Å². The molecule has 0 aromatic heterocycles. The molecule has 0 spiro atoms. The van der Waals surface area contributed by atoms with E-state index < -0.39 is 0 Å². The van der Waals surface area contributed by atoms with E-state index in [0.29, 0.717) is 0 Å². The van der Waals surface area contributed by atoms with Crippen molar-refractivity contribution in [3.63, 3.8) is 0 Å². The minimum atomic E-state index is 1.01. The lowest BCUT2D eigenvalue weighted by molar-refractivity contribution is 0.488. The molecule has 0 amide bonds. The summed E-state index contributed by atoms with van der Waals surface area (Å²) >= 11 is 0. The SMILES string of the molecule is C=CCC1=C2O[C]2CCC1. The van der Waals surface area contributed by atoms with Crippen molar-refractivity contribution in [2.75, 3.05) is 0 Å². The molecule has 1 radical (unpaired) electrons. The predicted octanol–water partition coefficient (Wildman–Crippen LogP) is 2.56. The third-order valence-electron chi connectivity index (χ3n) is 2.03. The van der Waals surface area contributed by atoms with Crippen LogP contribution in [-0.2, 0) is 4.74 Å². The van der Waals surface area contributed by atoms with E-state index in [4.69, 9.17) is 4.74 Å². The van der Waals surface area contributed by atoms with Gasteiger partial charge in [-0.05, 0) is 31.3 Å². The first-order valence-corrected chi connectivity index (χ1v) is 3.79. The van der Waals surface area contributed by atoms with Crippen LogP contribution in [0.2, 0.25) is 0 Å². The summed E-state index contributed by atoms with van der Waals surface area (Å²) in [6, 6.07) is 0. The lowest BCUT2D eigenvalue weighted by Gasteiger charge is -2.03. The molecule has 1 fully saturated rings. The summed E-state index contributed by atoms with van der Waals surface area (Å²) in [5.74, 6) is 1.20. The molecule has 1 heterocycles. The van der Waals surface area contributed by atoms with Gasteiger partial charge in [0.25, 0.3) is 0 Å². The Hall–Kier alpha value is -0.720. The Morgan fingerprint density at radius 3 is 3.20 bits per heavy atom. The molecule has 1 saturated heterocycles. The largest absolute Gasteiger partial charge is 0.474 e. The number of rotatable bonds is 2. The molecule has 2 rings (SSSR count). The van der Waals surface area contributed by atoms with E-state index in [-0.39, 0.29) is 0 Å². The maximum Gasteiger partial charge on any atom is 0.211 e. The Balaban J connectivity index is 2.11. The lowest BCUT2D eigenvalue weighted by Crippen LogP contribution is -1.90. The van der Waals surface area contributed by atoms with Crippen LogP contribution in [0.15, 0.2) is 24.0 Å². The third kappa shape index (κ3) is 0.859. The van der Waals surface area contributed by atoms with Gasteiger partial charge in [0.1, 0.15) is 5.76 Å². The first kappa shape index (κ1) is 6.02. The lowest BCUT2D eigenvalue weighted by atomic mass is 9.97. The van der Waals surface area contributed by atoms with Gasteiger partial charge in [-0.15, -0.1) is 6.58 Å². The number of allylic oxidation sites excluding steroid dienone is 2. The van der Waals surface area contributed by atoms with Gasteiger partial charge in [0.15, 0.2) is 0 Å². The Labute approximate surface area is 61.4 Å². The number of epoxide rings is 1. The Morgan fingerprint density at radius 1 is 1.50 bits per heavy atom. The normalized spacial score (nSPS) is 23.6. The van der Waals surface area contributed by atoms with Crippen molar-refractivity contribution < 1.29 is 4.74 Å². The molecule has 53 valence electrons. The first-order valence-electron chi connectivity index (χ1n) is 3.79. The van der Waals surface area contributed by atoms with Crippen LogP contribution in [0, 0.1) is 6.10 Å². The Morgan fingerprint density at radius 2 is 2.40 bits per heavy atom. The van der Waals surface area contributed by atoms with Gasteiger partial charge in [0, 0.05) is 0 Å². The van der Waals surface area contributed by atoms with E-state index >= 15 is 0 Å². The van der Waals surface area contributed by atoms with Gasteiger partial charge in [0.2, 0.25) is 6.10 Å². The monoisotopic (exact) mass is 135 g/mol. The summed E-state index contributed by atoms with van der Waals surface area (Å²) in [6.07, 6.45) is 7.84. The second-order valence-corrected chi connectivity index (χ2v) is 2.80. The summed E-state index contributed by atoms with van der Waals surface area (Å²) in [5.41, 5.74) is 1.45. The summed E-state index contributed by atoms with van der Waals surface area (Å²) in [6.45, 7) is 3.71. The highest BCUT2D eigenvalue weighted by atomic mass is 16.6. The van der Waals surface area contributed by atoms with Crippen LogP contribution in [0.4, 0.5) is 0 Å². The topological polar surface area (TPSA) is 12.5 Å². The predicted molar refractivity (Wildman–Crippen MR) is 40.0 cm³/mol. The van der Waals surface area contributed by atoms with Gasteiger partial charge in [-0.1, -0.05) is 6.08 Å². The zero-order valence-electron chi connectivity index (χ0n) is 6.02. The molecule has 0 bridgehead atoms.